The Morgan fingerprint density at radius 2 is 1.49 bits per heavy atom. The lowest BCUT2D eigenvalue weighted by atomic mass is 9.92. The fraction of sp³-hybridized carbons (Fsp3) is 0.526. The first-order valence-electron chi connectivity index (χ1n) is 17.7. The molecule has 4 rings (SSSR count). The van der Waals surface area contributed by atoms with Crippen LogP contribution < -0.4 is 10.6 Å². The Balaban J connectivity index is 1.02. The number of ether oxygens (including phenoxy) is 4. The van der Waals surface area contributed by atoms with E-state index in [-0.39, 0.29) is 25.4 Å². The van der Waals surface area contributed by atoms with E-state index < -0.39 is 48.5 Å². The molecule has 2 aromatic carbocycles. The Hall–Kier alpha value is -4.38. The molecule has 4 N–H and O–H groups in total. The number of carbonyl (C=O) groups is 4. The highest BCUT2D eigenvalue weighted by atomic mass is 16.6. The van der Waals surface area contributed by atoms with E-state index in [0.29, 0.717) is 45.4 Å². The van der Waals surface area contributed by atoms with Crippen LogP contribution >= 0.6 is 0 Å². The van der Waals surface area contributed by atoms with Crippen molar-refractivity contribution in [2.24, 2.45) is 0 Å². The van der Waals surface area contributed by atoms with E-state index >= 15 is 0 Å². The summed E-state index contributed by atoms with van der Waals surface area (Å²) in [6.07, 6.45) is 2.36. The maximum atomic E-state index is 12.7. The van der Waals surface area contributed by atoms with E-state index in [0.717, 1.165) is 54.4 Å². The third-order valence-electron chi connectivity index (χ3n) is 8.70. The number of benzene rings is 2. The van der Waals surface area contributed by atoms with Gasteiger partial charge in [0.05, 0.1) is 25.5 Å². The number of aliphatic hydroxyl groups is 1. The van der Waals surface area contributed by atoms with Gasteiger partial charge in [-0.25, -0.2) is 4.79 Å². The number of alkyl carbamates (subject to hydrolysis) is 1. The van der Waals surface area contributed by atoms with Crippen molar-refractivity contribution in [1.29, 1.82) is 0 Å². The molecular formula is C38H47BN2O10. The molecule has 2 aliphatic rings. The van der Waals surface area contributed by atoms with E-state index in [2.05, 4.69) is 22.5 Å². The average molecular weight is 703 g/mol. The van der Waals surface area contributed by atoms with Crippen molar-refractivity contribution < 1.29 is 48.3 Å². The summed E-state index contributed by atoms with van der Waals surface area (Å²) in [4.78, 5) is 47.7. The Morgan fingerprint density at radius 3 is 2.27 bits per heavy atom. The average Bonchev–Trinajstić information content (AvgIpc) is 3.41. The fourth-order valence-corrected chi connectivity index (χ4v) is 5.98. The molecule has 51 heavy (non-hydrogen) atoms. The van der Waals surface area contributed by atoms with E-state index in [4.69, 9.17) is 31.9 Å². The van der Waals surface area contributed by atoms with Crippen LogP contribution in [-0.4, -0.2) is 92.6 Å². The van der Waals surface area contributed by atoms with E-state index in [1.807, 2.05) is 48.5 Å². The van der Waals surface area contributed by atoms with Gasteiger partial charge in [0, 0.05) is 49.2 Å². The van der Waals surface area contributed by atoms with Crippen LogP contribution in [-0.2, 0) is 39.8 Å². The highest BCUT2D eigenvalue weighted by Crippen LogP contribution is 2.29. The molecule has 0 bridgehead atoms. The Labute approximate surface area is 300 Å². The number of fused-ring (bicyclic) bond motifs is 2. The highest BCUT2D eigenvalue weighted by Gasteiger charge is 2.45. The summed E-state index contributed by atoms with van der Waals surface area (Å²) < 4.78 is 22.5. The van der Waals surface area contributed by atoms with Crippen molar-refractivity contribution in [3.63, 3.8) is 0 Å². The van der Waals surface area contributed by atoms with E-state index in [9.17, 15) is 24.3 Å². The molecule has 5 atom stereocenters. The van der Waals surface area contributed by atoms with Crippen molar-refractivity contribution in [2.45, 2.75) is 101 Å². The Morgan fingerprint density at radius 1 is 0.804 bits per heavy atom. The fourth-order valence-electron chi connectivity index (χ4n) is 5.98. The molecule has 0 aromatic heterocycles. The number of hydrogen-bond acceptors (Lipinski definition) is 9. The molecule has 1 heterocycles. The maximum absolute atomic E-state index is 12.7. The highest BCUT2D eigenvalue weighted by molar-refractivity contribution is 6.11. The van der Waals surface area contributed by atoms with Crippen molar-refractivity contribution in [3.8, 4) is 11.8 Å². The second-order valence-corrected chi connectivity index (χ2v) is 12.6. The first-order chi connectivity index (χ1) is 24.7. The zero-order valence-electron chi connectivity index (χ0n) is 28.8. The Kier molecular flexibility index (Phi) is 16.3. The summed E-state index contributed by atoms with van der Waals surface area (Å²) in [5.74, 6) is 4.60. The van der Waals surface area contributed by atoms with Gasteiger partial charge in [0.2, 0.25) is 5.91 Å². The minimum atomic E-state index is -1.11. The normalized spacial score (nSPS) is 20.4. The number of esters is 1. The number of carboxylic acid groups (broad SMARTS) is 1. The van der Waals surface area contributed by atoms with Gasteiger partial charge >= 0.3 is 18.0 Å². The van der Waals surface area contributed by atoms with Crippen LogP contribution in [0.3, 0.4) is 0 Å². The number of carboxylic acids is 1. The van der Waals surface area contributed by atoms with Gasteiger partial charge in [0.15, 0.2) is 0 Å². The van der Waals surface area contributed by atoms with Crippen molar-refractivity contribution in [1.82, 2.24) is 10.6 Å². The number of carbonyl (C=O) groups excluding carboxylic acids is 3. The molecule has 1 fully saturated rings. The van der Waals surface area contributed by atoms with Gasteiger partial charge in [0.1, 0.15) is 32.3 Å². The zero-order valence-corrected chi connectivity index (χ0v) is 28.8. The van der Waals surface area contributed by atoms with Crippen LogP contribution in [0.1, 0.15) is 92.6 Å². The quantitative estimate of drug-likeness (QED) is 0.0691. The minimum absolute atomic E-state index is 0.00593. The van der Waals surface area contributed by atoms with Crippen LogP contribution in [0.15, 0.2) is 48.5 Å². The second kappa shape index (κ2) is 21.1. The molecule has 2 aromatic rings. The number of nitrogens with one attached hydrogen (secondary N) is 2. The molecule has 1 aliphatic carbocycles. The topological polar surface area (TPSA) is 170 Å². The predicted octanol–water partition coefficient (Wildman–Crippen LogP) is 3.69. The molecular weight excluding hydrogens is 655 g/mol. The van der Waals surface area contributed by atoms with E-state index in [1.165, 1.54) is 0 Å². The van der Waals surface area contributed by atoms with Gasteiger partial charge < -0.3 is 39.8 Å². The first kappa shape index (κ1) is 39.4. The number of hydrogen-bond donors (Lipinski definition) is 4. The third kappa shape index (κ3) is 13.0. The number of aliphatic hydroxyl groups excluding tert-OH is 1. The molecule has 0 saturated carbocycles. The Bertz CT molecular complexity index is 1530. The first-order valence-corrected chi connectivity index (χ1v) is 17.7. The van der Waals surface area contributed by atoms with Gasteiger partial charge in [0.25, 0.3) is 0 Å². The SMILES string of the molecule is [B][C@@H]1O[C@H](CO)C(OCCCCCCNC(=O)CCCCCNC(=O)OC2Cc3ccccc3C#Cc3ccccc32)[C@@H]1OC(=O)CCC(=O)O. The second-order valence-electron chi connectivity index (χ2n) is 12.6. The summed E-state index contributed by atoms with van der Waals surface area (Å²) in [5.41, 5.74) is 3.71. The third-order valence-corrected chi connectivity index (χ3v) is 8.70. The number of amides is 2. The lowest BCUT2D eigenvalue weighted by molar-refractivity contribution is -0.158. The summed E-state index contributed by atoms with van der Waals surface area (Å²) >= 11 is 0. The largest absolute Gasteiger partial charge is 0.481 e. The molecule has 1 saturated heterocycles. The summed E-state index contributed by atoms with van der Waals surface area (Å²) in [5, 5.41) is 24.2. The zero-order chi connectivity index (χ0) is 36.4. The molecule has 272 valence electrons. The molecule has 2 unspecified atom stereocenters. The maximum Gasteiger partial charge on any atom is 0.407 e. The van der Waals surface area contributed by atoms with Gasteiger partial charge in [-0.15, -0.1) is 0 Å². The van der Waals surface area contributed by atoms with Crippen molar-refractivity contribution in [2.75, 3.05) is 26.3 Å². The lowest BCUT2D eigenvalue weighted by Gasteiger charge is -2.23. The van der Waals surface area contributed by atoms with Gasteiger partial charge in [-0.1, -0.05) is 67.5 Å². The summed E-state index contributed by atoms with van der Waals surface area (Å²) in [7, 11) is 5.91. The summed E-state index contributed by atoms with van der Waals surface area (Å²) in [6, 6.07) is 14.6. The van der Waals surface area contributed by atoms with Crippen LogP contribution in [0.25, 0.3) is 0 Å². The van der Waals surface area contributed by atoms with Gasteiger partial charge in [-0.2, -0.15) is 0 Å². The smallest absolute Gasteiger partial charge is 0.407 e. The van der Waals surface area contributed by atoms with Gasteiger partial charge in [-0.3, -0.25) is 14.4 Å². The molecule has 13 heteroatoms. The predicted molar refractivity (Wildman–Crippen MR) is 188 cm³/mol. The monoisotopic (exact) mass is 702 g/mol. The number of aliphatic carboxylic acids is 1. The number of rotatable bonds is 20. The number of unbranched alkanes of at least 4 members (excludes halogenated alkanes) is 5. The van der Waals surface area contributed by atoms with E-state index in [1.54, 1.807) is 0 Å². The summed E-state index contributed by atoms with van der Waals surface area (Å²) in [6.45, 7) is 0.988. The minimum Gasteiger partial charge on any atom is -0.481 e. The molecule has 2 radical (unpaired) electrons. The van der Waals surface area contributed by atoms with Crippen molar-refractivity contribution >= 4 is 31.8 Å². The molecule has 2 amide bonds. The van der Waals surface area contributed by atoms with Crippen LogP contribution in [0.2, 0.25) is 0 Å². The standard InChI is InChI=1S/C38H47BN2O10/c39-37-36(51-34(46)20-19-33(44)45)35(31(25-42)49-37)48-23-11-2-1-9-21-40-32(43)16-4-3-10-22-41-38(47)50-30-24-28-14-6-5-12-26(28)17-18-27-13-7-8-15-29(27)30/h5-8,12-15,30-31,35-37,42H,1-4,9-11,16,19-25H2,(H,40,43)(H,41,47)(H,44,45)/t30?,31-,35?,36+,37-/m1/s1. The van der Waals surface area contributed by atoms with Gasteiger partial charge in [-0.05, 0) is 43.4 Å². The molecule has 12 nitrogen and oxygen atoms in total. The van der Waals surface area contributed by atoms with Crippen LogP contribution in [0, 0.1) is 11.8 Å². The molecule has 0 spiro atoms. The van der Waals surface area contributed by atoms with Crippen LogP contribution in [0.4, 0.5) is 4.79 Å². The van der Waals surface area contributed by atoms with Crippen molar-refractivity contribution in [3.05, 3.63) is 70.8 Å². The van der Waals surface area contributed by atoms with Crippen LogP contribution in [0.5, 0.6) is 0 Å². The lowest BCUT2D eigenvalue weighted by Crippen LogP contribution is -2.40. The molecule has 1 aliphatic heterocycles.